The number of rotatable bonds is 4. The summed E-state index contributed by atoms with van der Waals surface area (Å²) in [6, 6.07) is 7.03. The molecule has 0 saturated carbocycles. The van der Waals surface area contributed by atoms with Crippen molar-refractivity contribution in [1.29, 1.82) is 0 Å². The van der Waals surface area contributed by atoms with Crippen LogP contribution in [0, 0.1) is 18.8 Å². The molecule has 0 N–H and O–H groups in total. The van der Waals surface area contributed by atoms with Crippen molar-refractivity contribution in [3.63, 3.8) is 0 Å². The number of sulfonamides is 1. The van der Waals surface area contributed by atoms with Crippen LogP contribution in [0.25, 0.3) is 0 Å². The maximum absolute atomic E-state index is 12.9. The molecule has 0 bridgehead atoms. The van der Waals surface area contributed by atoms with Gasteiger partial charge in [0.2, 0.25) is 15.9 Å². The molecule has 6 nitrogen and oxygen atoms in total. The third-order valence-corrected chi connectivity index (χ3v) is 7.49. The van der Waals surface area contributed by atoms with Gasteiger partial charge in [-0.1, -0.05) is 12.1 Å². The summed E-state index contributed by atoms with van der Waals surface area (Å²) in [4.78, 5) is 14.1. The average Bonchev–Trinajstić information content (AvgIpc) is 3.26. The van der Waals surface area contributed by atoms with Crippen LogP contribution >= 0.6 is 0 Å². The van der Waals surface area contributed by atoms with Gasteiger partial charge in [0, 0.05) is 44.4 Å². The van der Waals surface area contributed by atoms with Crippen molar-refractivity contribution in [3.05, 3.63) is 29.8 Å². The molecular weight excluding hydrogens is 340 g/mol. The number of carbonyl (C=O) groups excluding carboxylic acids is 1. The summed E-state index contributed by atoms with van der Waals surface area (Å²) in [6.45, 7) is 4.91. The Morgan fingerprint density at radius 2 is 2.12 bits per heavy atom. The highest BCUT2D eigenvalue weighted by Crippen LogP contribution is 2.37. The molecule has 0 radical (unpaired) electrons. The van der Waals surface area contributed by atoms with E-state index in [0.29, 0.717) is 37.6 Å². The molecule has 7 heteroatoms. The summed E-state index contributed by atoms with van der Waals surface area (Å²) in [6.07, 6.45) is 1.51. The lowest BCUT2D eigenvalue weighted by Gasteiger charge is -2.24. The molecule has 0 spiro atoms. The second-order valence-electron chi connectivity index (χ2n) is 7.38. The first-order chi connectivity index (χ1) is 11.9. The summed E-state index contributed by atoms with van der Waals surface area (Å²) in [7, 11) is -3.49. The van der Waals surface area contributed by atoms with Gasteiger partial charge in [0.15, 0.2) is 0 Å². The van der Waals surface area contributed by atoms with Crippen LogP contribution in [-0.4, -0.2) is 62.4 Å². The Balaban J connectivity index is 1.48. The molecule has 1 aromatic carbocycles. The number of hydrogen-bond donors (Lipinski definition) is 0. The summed E-state index contributed by atoms with van der Waals surface area (Å²) in [5.41, 5.74) is 0.933. The van der Waals surface area contributed by atoms with Crippen LogP contribution < -0.4 is 0 Å². The zero-order chi connectivity index (χ0) is 17.6. The van der Waals surface area contributed by atoms with Crippen LogP contribution in [0.3, 0.4) is 0 Å². The van der Waals surface area contributed by atoms with Gasteiger partial charge in [-0.25, -0.2) is 8.42 Å². The van der Waals surface area contributed by atoms with Crippen molar-refractivity contribution in [2.24, 2.45) is 11.8 Å². The number of ether oxygens (including phenoxy) is 1. The molecule has 3 heterocycles. The normalized spacial score (nSPS) is 30.2. The fraction of sp³-hybridized carbons (Fsp3) is 0.611. The van der Waals surface area contributed by atoms with E-state index >= 15 is 0 Å². The first kappa shape index (κ1) is 17.0. The zero-order valence-electron chi connectivity index (χ0n) is 14.4. The molecule has 3 fully saturated rings. The van der Waals surface area contributed by atoms with E-state index in [1.54, 1.807) is 22.5 Å². The predicted octanol–water partition coefficient (Wildman–Crippen LogP) is 1.25. The molecule has 0 aromatic heterocycles. The van der Waals surface area contributed by atoms with E-state index in [2.05, 4.69) is 0 Å². The molecule has 3 saturated heterocycles. The molecule has 136 valence electrons. The third-order valence-electron chi connectivity index (χ3n) is 5.66. The summed E-state index contributed by atoms with van der Waals surface area (Å²) < 4.78 is 33.3. The van der Waals surface area contributed by atoms with Gasteiger partial charge in [-0.05, 0) is 31.0 Å². The van der Waals surface area contributed by atoms with Crippen molar-refractivity contribution in [3.8, 4) is 0 Å². The molecule has 25 heavy (non-hydrogen) atoms. The van der Waals surface area contributed by atoms with E-state index in [1.807, 2.05) is 17.9 Å². The van der Waals surface area contributed by atoms with Crippen LogP contribution in [-0.2, 0) is 19.6 Å². The van der Waals surface area contributed by atoms with Crippen molar-refractivity contribution in [2.45, 2.75) is 30.8 Å². The van der Waals surface area contributed by atoms with E-state index in [4.69, 9.17) is 4.74 Å². The van der Waals surface area contributed by atoms with Crippen LogP contribution in [0.5, 0.6) is 0 Å². The van der Waals surface area contributed by atoms with Gasteiger partial charge in [-0.2, -0.15) is 4.31 Å². The zero-order valence-corrected chi connectivity index (χ0v) is 15.2. The molecular formula is C18H24N2O4S. The van der Waals surface area contributed by atoms with E-state index in [1.165, 1.54) is 0 Å². The molecule has 0 aliphatic carbocycles. The van der Waals surface area contributed by atoms with E-state index in [9.17, 15) is 13.2 Å². The van der Waals surface area contributed by atoms with Gasteiger partial charge in [-0.3, -0.25) is 4.79 Å². The SMILES string of the molecule is Cc1cccc(S(=O)(=O)N2C[C@@H]3[C@H](CN4CCCC4=O)CO[C@@H]3C2)c1. The van der Waals surface area contributed by atoms with Gasteiger partial charge >= 0.3 is 0 Å². The molecule has 3 aliphatic heterocycles. The molecule has 1 aromatic rings. The predicted molar refractivity (Wildman–Crippen MR) is 92.5 cm³/mol. The molecule has 4 rings (SSSR count). The Bertz CT molecular complexity index is 779. The number of fused-ring (bicyclic) bond motifs is 1. The Hall–Kier alpha value is -1.44. The fourth-order valence-electron chi connectivity index (χ4n) is 4.25. The summed E-state index contributed by atoms with van der Waals surface area (Å²) in [5, 5.41) is 0. The molecule has 3 aliphatic rings. The minimum Gasteiger partial charge on any atom is -0.376 e. The van der Waals surface area contributed by atoms with Crippen molar-refractivity contribution >= 4 is 15.9 Å². The van der Waals surface area contributed by atoms with Crippen molar-refractivity contribution in [2.75, 3.05) is 32.8 Å². The van der Waals surface area contributed by atoms with Gasteiger partial charge in [0.1, 0.15) is 0 Å². The highest BCUT2D eigenvalue weighted by atomic mass is 32.2. The van der Waals surface area contributed by atoms with Gasteiger partial charge in [-0.15, -0.1) is 0 Å². The van der Waals surface area contributed by atoms with Crippen LogP contribution in [0.1, 0.15) is 18.4 Å². The van der Waals surface area contributed by atoms with Crippen molar-refractivity contribution in [1.82, 2.24) is 9.21 Å². The van der Waals surface area contributed by atoms with E-state index in [0.717, 1.165) is 18.5 Å². The quantitative estimate of drug-likeness (QED) is 0.807. The molecule has 3 atom stereocenters. The maximum Gasteiger partial charge on any atom is 0.243 e. The van der Waals surface area contributed by atoms with Gasteiger partial charge in [0.25, 0.3) is 0 Å². The Kier molecular flexibility index (Phi) is 4.33. The minimum atomic E-state index is -3.49. The topological polar surface area (TPSA) is 66.9 Å². The van der Waals surface area contributed by atoms with Crippen LogP contribution in [0.15, 0.2) is 29.2 Å². The number of aryl methyl sites for hydroxylation is 1. The first-order valence-corrected chi connectivity index (χ1v) is 10.4. The fourth-order valence-corrected chi connectivity index (χ4v) is 5.85. The number of hydrogen-bond acceptors (Lipinski definition) is 4. The summed E-state index contributed by atoms with van der Waals surface area (Å²) >= 11 is 0. The number of benzene rings is 1. The standard InChI is InChI=1S/C18H24N2O4S/c1-13-4-2-5-15(8-13)25(22,23)20-10-16-14(12-24-17(16)11-20)9-19-7-3-6-18(19)21/h2,4-5,8,14,16-17H,3,6-7,9-12H2,1H3/t14-,16-,17-/m1/s1. The van der Waals surface area contributed by atoms with Crippen LogP contribution in [0.2, 0.25) is 0 Å². The lowest BCUT2D eigenvalue weighted by atomic mass is 9.93. The van der Waals surface area contributed by atoms with E-state index < -0.39 is 10.0 Å². The number of likely N-dealkylation sites (tertiary alicyclic amines) is 1. The number of carbonyl (C=O) groups is 1. The van der Waals surface area contributed by atoms with Gasteiger partial charge < -0.3 is 9.64 Å². The highest BCUT2D eigenvalue weighted by molar-refractivity contribution is 7.89. The average molecular weight is 364 g/mol. The number of nitrogens with zero attached hydrogens (tertiary/aromatic N) is 2. The minimum absolute atomic E-state index is 0.0534. The van der Waals surface area contributed by atoms with Crippen molar-refractivity contribution < 1.29 is 17.9 Å². The number of amides is 1. The first-order valence-electron chi connectivity index (χ1n) is 8.91. The lowest BCUT2D eigenvalue weighted by molar-refractivity contribution is -0.128. The molecule has 0 unspecified atom stereocenters. The Morgan fingerprint density at radius 3 is 2.84 bits per heavy atom. The second-order valence-corrected chi connectivity index (χ2v) is 9.32. The highest BCUT2D eigenvalue weighted by Gasteiger charge is 2.48. The Labute approximate surface area is 148 Å². The van der Waals surface area contributed by atoms with Crippen LogP contribution in [0.4, 0.5) is 0 Å². The van der Waals surface area contributed by atoms with E-state index in [-0.39, 0.29) is 23.8 Å². The maximum atomic E-state index is 12.9. The largest absolute Gasteiger partial charge is 0.376 e. The lowest BCUT2D eigenvalue weighted by Crippen LogP contribution is -2.36. The second kappa shape index (κ2) is 6.37. The Morgan fingerprint density at radius 1 is 1.28 bits per heavy atom. The third kappa shape index (κ3) is 3.09. The summed E-state index contributed by atoms with van der Waals surface area (Å²) in [5.74, 6) is 0.614. The molecule has 1 amide bonds. The monoisotopic (exact) mass is 364 g/mol. The smallest absolute Gasteiger partial charge is 0.243 e. The van der Waals surface area contributed by atoms with Gasteiger partial charge in [0.05, 0.1) is 17.6 Å².